The molecular weight excluding hydrogens is 384 g/mol. The molecule has 0 bridgehead atoms. The van der Waals surface area contributed by atoms with Gasteiger partial charge in [0.25, 0.3) is 0 Å². The highest BCUT2D eigenvalue weighted by atomic mass is 16.5. The molecule has 172 valence electrons. The molecule has 3 aliphatic carbocycles. The quantitative estimate of drug-likeness (QED) is 0.264. The van der Waals surface area contributed by atoms with E-state index in [0.717, 1.165) is 37.9 Å². The van der Waals surface area contributed by atoms with Gasteiger partial charge in [0, 0.05) is 6.42 Å². The molecule has 0 spiro atoms. The van der Waals surface area contributed by atoms with Gasteiger partial charge in [-0.15, -0.1) is 0 Å². The van der Waals surface area contributed by atoms with Crippen LogP contribution in [0.5, 0.6) is 5.75 Å². The van der Waals surface area contributed by atoms with Crippen LogP contribution in [0.4, 0.5) is 0 Å². The number of fused-ring (bicyclic) bond motifs is 5. The number of aryl methyl sites for hydroxylation is 1. The van der Waals surface area contributed by atoms with Gasteiger partial charge in [-0.3, -0.25) is 4.79 Å². The molecule has 0 heterocycles. The van der Waals surface area contributed by atoms with E-state index in [0.29, 0.717) is 24.2 Å². The molecular formula is C28H42O3. The van der Waals surface area contributed by atoms with E-state index in [9.17, 15) is 9.90 Å². The van der Waals surface area contributed by atoms with Crippen molar-refractivity contribution in [2.75, 3.05) is 0 Å². The number of rotatable bonds is 9. The van der Waals surface area contributed by atoms with Gasteiger partial charge in [-0.1, -0.05) is 58.4 Å². The van der Waals surface area contributed by atoms with Gasteiger partial charge >= 0.3 is 5.97 Å². The second-order valence-electron chi connectivity index (χ2n) is 10.8. The first-order valence-electron chi connectivity index (χ1n) is 13.0. The van der Waals surface area contributed by atoms with Crippen molar-refractivity contribution in [3.8, 4) is 5.75 Å². The Balaban J connectivity index is 1.30. The van der Waals surface area contributed by atoms with E-state index in [4.69, 9.17) is 4.74 Å². The Morgan fingerprint density at radius 3 is 2.65 bits per heavy atom. The molecule has 2 saturated carbocycles. The topological polar surface area (TPSA) is 46.5 Å². The molecule has 1 N–H and O–H groups in total. The summed E-state index contributed by atoms with van der Waals surface area (Å²) in [5.74, 6) is 2.62. The number of ether oxygens (including phenoxy) is 1. The van der Waals surface area contributed by atoms with Crippen LogP contribution in [0.3, 0.4) is 0 Å². The van der Waals surface area contributed by atoms with Gasteiger partial charge in [-0.05, 0) is 91.4 Å². The highest BCUT2D eigenvalue weighted by Gasteiger charge is 2.54. The Morgan fingerprint density at radius 2 is 1.84 bits per heavy atom. The third kappa shape index (κ3) is 4.87. The summed E-state index contributed by atoms with van der Waals surface area (Å²) in [6, 6.07) is 6.38. The smallest absolute Gasteiger partial charge is 0.311 e. The van der Waals surface area contributed by atoms with Crippen LogP contribution in [0.15, 0.2) is 18.2 Å². The average molecular weight is 427 g/mol. The first kappa shape index (κ1) is 22.8. The highest BCUT2D eigenvalue weighted by Crippen LogP contribution is 2.60. The van der Waals surface area contributed by atoms with Crippen molar-refractivity contribution < 1.29 is 14.6 Å². The average Bonchev–Trinajstić information content (AvgIpc) is 3.07. The maximum atomic E-state index is 12.3. The zero-order valence-corrected chi connectivity index (χ0v) is 19.7. The van der Waals surface area contributed by atoms with Crippen molar-refractivity contribution in [1.29, 1.82) is 0 Å². The molecule has 0 unspecified atom stereocenters. The fraction of sp³-hybridized carbons (Fsp3) is 0.750. The zero-order chi connectivity index (χ0) is 21.8. The third-order valence-electron chi connectivity index (χ3n) is 8.86. The first-order valence-corrected chi connectivity index (χ1v) is 13.0. The summed E-state index contributed by atoms with van der Waals surface area (Å²) in [5.41, 5.74) is 2.99. The van der Waals surface area contributed by atoms with E-state index in [-0.39, 0.29) is 17.5 Å². The Kier molecular flexibility index (Phi) is 7.41. The van der Waals surface area contributed by atoms with E-state index >= 15 is 0 Å². The van der Waals surface area contributed by atoms with Crippen molar-refractivity contribution >= 4 is 5.97 Å². The minimum absolute atomic E-state index is 0.0874. The maximum Gasteiger partial charge on any atom is 0.311 e. The van der Waals surface area contributed by atoms with Crippen LogP contribution in [-0.2, 0) is 11.2 Å². The van der Waals surface area contributed by atoms with Crippen molar-refractivity contribution in [3.63, 3.8) is 0 Å². The van der Waals surface area contributed by atoms with Crippen LogP contribution in [0.2, 0.25) is 0 Å². The summed E-state index contributed by atoms with van der Waals surface area (Å²) in [6.45, 7) is 4.56. The van der Waals surface area contributed by atoms with Crippen LogP contribution < -0.4 is 4.74 Å². The van der Waals surface area contributed by atoms with Crippen molar-refractivity contribution in [2.45, 2.75) is 116 Å². The number of esters is 1. The van der Waals surface area contributed by atoms with Crippen molar-refractivity contribution in [3.05, 3.63) is 29.3 Å². The standard InChI is InChI=1S/C28H42O3/c1-3-4-5-6-7-8-9-10-27(30)31-21-12-14-22-20(19-21)11-13-24-23(22)17-18-28(2)25(24)15-16-26(28)29/h12,14,19,23-26,29H,3-11,13,15-18H2,1-2H3/t23-,24-,25+,26+,28+/m1/s1. The maximum absolute atomic E-state index is 12.3. The lowest BCUT2D eigenvalue weighted by atomic mass is 9.55. The van der Waals surface area contributed by atoms with Crippen LogP contribution in [-0.4, -0.2) is 17.2 Å². The fourth-order valence-corrected chi connectivity index (χ4v) is 7.00. The molecule has 1 aromatic carbocycles. The molecule has 0 radical (unpaired) electrons. The number of unbranched alkanes of at least 4 members (excludes halogenated alkanes) is 6. The van der Waals surface area contributed by atoms with E-state index in [1.165, 1.54) is 62.5 Å². The minimum Gasteiger partial charge on any atom is -0.427 e. The highest BCUT2D eigenvalue weighted by molar-refractivity contribution is 5.72. The Bertz CT molecular complexity index is 757. The van der Waals surface area contributed by atoms with E-state index in [1.807, 2.05) is 6.07 Å². The number of hydrogen-bond donors (Lipinski definition) is 1. The lowest BCUT2D eigenvalue weighted by Crippen LogP contribution is -2.43. The molecule has 0 aromatic heterocycles. The fourth-order valence-electron chi connectivity index (χ4n) is 7.00. The summed E-state index contributed by atoms with van der Waals surface area (Å²) in [7, 11) is 0. The molecule has 3 aliphatic rings. The molecule has 5 atom stereocenters. The molecule has 3 heteroatoms. The number of carbonyl (C=O) groups excluding carboxylic acids is 1. The van der Waals surface area contributed by atoms with Gasteiger partial charge in [-0.2, -0.15) is 0 Å². The van der Waals surface area contributed by atoms with Gasteiger partial charge < -0.3 is 9.84 Å². The molecule has 2 fully saturated rings. The van der Waals surface area contributed by atoms with Crippen molar-refractivity contribution in [1.82, 2.24) is 0 Å². The SMILES string of the molecule is CCCCCCCCCC(=O)Oc1ccc2c(c1)CC[C@@H]1[C@@H]2CC[C@]2(C)[C@@H](O)CC[C@@H]12. The van der Waals surface area contributed by atoms with Crippen LogP contribution in [0.1, 0.15) is 114 Å². The monoisotopic (exact) mass is 426 g/mol. The molecule has 0 amide bonds. The second-order valence-corrected chi connectivity index (χ2v) is 10.8. The lowest BCUT2D eigenvalue weighted by Gasteiger charge is -2.50. The Hall–Kier alpha value is -1.35. The summed E-state index contributed by atoms with van der Waals surface area (Å²) in [5, 5.41) is 10.6. The van der Waals surface area contributed by atoms with E-state index in [1.54, 1.807) is 0 Å². The number of hydrogen-bond acceptors (Lipinski definition) is 3. The summed E-state index contributed by atoms with van der Waals surface area (Å²) in [4.78, 5) is 12.3. The van der Waals surface area contributed by atoms with Crippen LogP contribution >= 0.6 is 0 Å². The summed E-state index contributed by atoms with van der Waals surface area (Å²) < 4.78 is 5.69. The molecule has 3 nitrogen and oxygen atoms in total. The van der Waals surface area contributed by atoms with E-state index < -0.39 is 0 Å². The Labute approximate surface area is 189 Å². The normalized spacial score (nSPS) is 31.6. The summed E-state index contributed by atoms with van der Waals surface area (Å²) >= 11 is 0. The molecule has 4 rings (SSSR count). The molecule has 31 heavy (non-hydrogen) atoms. The van der Waals surface area contributed by atoms with Crippen molar-refractivity contribution in [2.24, 2.45) is 17.3 Å². The van der Waals surface area contributed by atoms with Crippen LogP contribution in [0.25, 0.3) is 0 Å². The predicted octanol–water partition coefficient (Wildman–Crippen LogP) is 6.95. The molecule has 0 aliphatic heterocycles. The van der Waals surface area contributed by atoms with E-state index in [2.05, 4.69) is 26.0 Å². The van der Waals surface area contributed by atoms with Gasteiger partial charge in [0.05, 0.1) is 6.10 Å². The number of carbonyl (C=O) groups is 1. The minimum atomic E-state index is -0.113. The zero-order valence-electron chi connectivity index (χ0n) is 19.7. The van der Waals surface area contributed by atoms with Crippen LogP contribution in [0, 0.1) is 17.3 Å². The largest absolute Gasteiger partial charge is 0.427 e. The number of aliphatic hydroxyl groups is 1. The molecule has 1 aromatic rings. The summed E-state index contributed by atoms with van der Waals surface area (Å²) in [6.07, 6.45) is 15.7. The predicted molar refractivity (Wildman–Crippen MR) is 125 cm³/mol. The van der Waals surface area contributed by atoms with Gasteiger partial charge in [0.1, 0.15) is 5.75 Å². The van der Waals surface area contributed by atoms with Gasteiger partial charge in [0.2, 0.25) is 0 Å². The lowest BCUT2D eigenvalue weighted by molar-refractivity contribution is -0.134. The van der Waals surface area contributed by atoms with Gasteiger partial charge in [0.15, 0.2) is 0 Å². The Morgan fingerprint density at radius 1 is 1.06 bits per heavy atom. The molecule has 0 saturated heterocycles. The number of benzene rings is 1. The second kappa shape index (κ2) is 10.1. The van der Waals surface area contributed by atoms with Gasteiger partial charge in [-0.25, -0.2) is 0 Å². The number of aliphatic hydroxyl groups excluding tert-OH is 1. The first-order chi connectivity index (χ1) is 15.0. The third-order valence-corrected chi connectivity index (χ3v) is 8.86.